The molecule has 0 heteroatoms. The zero-order valence-electron chi connectivity index (χ0n) is 14.6. The summed E-state index contributed by atoms with van der Waals surface area (Å²) in [5.41, 5.74) is 0.874. The van der Waals surface area contributed by atoms with Gasteiger partial charge in [-0.05, 0) is 23.2 Å². The van der Waals surface area contributed by atoms with Crippen LogP contribution in [0.5, 0.6) is 0 Å². The number of rotatable bonds is 9. The van der Waals surface area contributed by atoms with E-state index in [1.807, 2.05) is 0 Å². The van der Waals surface area contributed by atoms with E-state index in [0.717, 1.165) is 12.3 Å². The molecular weight excluding hydrogens is 228 g/mol. The van der Waals surface area contributed by atoms with Gasteiger partial charge >= 0.3 is 0 Å². The van der Waals surface area contributed by atoms with Gasteiger partial charge in [0.25, 0.3) is 0 Å². The van der Waals surface area contributed by atoms with Crippen molar-refractivity contribution in [3.63, 3.8) is 0 Å². The molecular formula is C19H39. The van der Waals surface area contributed by atoms with E-state index in [9.17, 15) is 0 Å². The zero-order chi connectivity index (χ0) is 14.9. The molecule has 0 saturated heterocycles. The van der Waals surface area contributed by atoms with Crippen molar-refractivity contribution >= 4 is 0 Å². The average molecular weight is 268 g/mol. The predicted octanol–water partition coefficient (Wildman–Crippen LogP) is 7.04. The largest absolute Gasteiger partial charge is 0.0599 e. The maximum Gasteiger partial charge on any atom is -0.0317 e. The van der Waals surface area contributed by atoms with Gasteiger partial charge < -0.3 is 0 Å². The lowest BCUT2D eigenvalue weighted by Gasteiger charge is -2.41. The summed E-state index contributed by atoms with van der Waals surface area (Å²) in [6.07, 6.45) is 12.3. The van der Waals surface area contributed by atoms with Crippen LogP contribution in [-0.2, 0) is 0 Å². The van der Waals surface area contributed by atoms with Crippen LogP contribution in [0.3, 0.4) is 0 Å². The summed E-state index contributed by atoms with van der Waals surface area (Å²) in [5, 5.41) is 0. The van der Waals surface area contributed by atoms with Crippen LogP contribution < -0.4 is 0 Å². The van der Waals surface area contributed by atoms with Gasteiger partial charge in [-0.3, -0.25) is 0 Å². The second-order valence-corrected chi connectivity index (χ2v) is 8.40. The van der Waals surface area contributed by atoms with Crippen LogP contribution in [0.25, 0.3) is 0 Å². The van der Waals surface area contributed by atoms with Crippen molar-refractivity contribution in [1.82, 2.24) is 0 Å². The molecule has 0 aromatic rings. The van der Waals surface area contributed by atoms with Gasteiger partial charge in [-0.2, -0.15) is 0 Å². The van der Waals surface area contributed by atoms with Gasteiger partial charge in [-0.15, -0.1) is 0 Å². The third kappa shape index (κ3) is 9.52. The van der Waals surface area contributed by atoms with Crippen LogP contribution in [0.4, 0.5) is 0 Å². The molecule has 0 nitrogen and oxygen atoms in total. The van der Waals surface area contributed by atoms with Gasteiger partial charge in [0.15, 0.2) is 0 Å². The van der Waals surface area contributed by atoms with Gasteiger partial charge in [-0.1, -0.05) is 99.8 Å². The first-order valence-corrected chi connectivity index (χ1v) is 8.49. The molecule has 0 rings (SSSR count). The van der Waals surface area contributed by atoms with Crippen LogP contribution >= 0.6 is 0 Å². The van der Waals surface area contributed by atoms with E-state index < -0.39 is 0 Å². The fraction of sp³-hybridized carbons (Fsp3) is 0.947. The number of hydrogen-bond acceptors (Lipinski definition) is 0. The summed E-state index contributed by atoms with van der Waals surface area (Å²) in [6, 6.07) is 0. The number of unbranched alkanes of at least 4 members (excludes halogenated alkanes) is 7. The molecule has 1 radical (unpaired) electrons. The number of hydrogen-bond donors (Lipinski definition) is 0. The molecule has 0 spiro atoms. The van der Waals surface area contributed by atoms with Gasteiger partial charge in [0, 0.05) is 0 Å². The van der Waals surface area contributed by atoms with E-state index in [1.165, 1.54) is 51.4 Å². The fourth-order valence-electron chi connectivity index (χ4n) is 3.57. The molecule has 19 heavy (non-hydrogen) atoms. The molecule has 0 aliphatic heterocycles. The Morgan fingerprint density at radius 3 is 1.37 bits per heavy atom. The van der Waals surface area contributed by atoms with Gasteiger partial charge in [-0.25, -0.2) is 0 Å². The monoisotopic (exact) mass is 267 g/mol. The Hall–Kier alpha value is 0. The van der Waals surface area contributed by atoms with Crippen LogP contribution in [-0.4, -0.2) is 0 Å². The molecule has 0 atom stereocenters. The second-order valence-electron chi connectivity index (χ2n) is 8.40. The summed E-state index contributed by atoms with van der Waals surface area (Å²) < 4.78 is 0. The smallest absolute Gasteiger partial charge is 0.0317 e. The topological polar surface area (TPSA) is 0 Å². The summed E-state index contributed by atoms with van der Waals surface area (Å²) in [5.74, 6) is 0.825. The second kappa shape index (κ2) is 9.03. The Labute approximate surface area is 123 Å². The molecule has 0 fully saturated rings. The first-order chi connectivity index (χ1) is 8.69. The summed E-state index contributed by atoms with van der Waals surface area (Å²) >= 11 is 0. The predicted molar refractivity (Wildman–Crippen MR) is 89.3 cm³/mol. The van der Waals surface area contributed by atoms with Gasteiger partial charge in [0.05, 0.1) is 0 Å². The Morgan fingerprint density at radius 1 is 0.632 bits per heavy atom. The standard InChI is InChI=1S/C19H39/c1-8-9-10-11-12-13-14-15-16-17(18(2,3)4)19(5,6)7/h17H,1,8-16H2,2-7H3. The maximum atomic E-state index is 3.90. The molecule has 0 aromatic heterocycles. The highest BCUT2D eigenvalue weighted by Crippen LogP contribution is 2.43. The lowest BCUT2D eigenvalue weighted by Crippen LogP contribution is -2.32. The molecule has 0 unspecified atom stereocenters. The van der Waals surface area contributed by atoms with E-state index in [0.29, 0.717) is 10.8 Å². The van der Waals surface area contributed by atoms with E-state index >= 15 is 0 Å². The van der Waals surface area contributed by atoms with Crippen molar-refractivity contribution in [2.45, 2.75) is 99.3 Å². The summed E-state index contributed by atoms with van der Waals surface area (Å²) in [7, 11) is 0. The van der Waals surface area contributed by atoms with E-state index in [2.05, 4.69) is 48.5 Å². The Balaban J connectivity index is 3.78. The molecule has 0 N–H and O–H groups in total. The fourth-order valence-corrected chi connectivity index (χ4v) is 3.57. The minimum Gasteiger partial charge on any atom is -0.0599 e. The van der Waals surface area contributed by atoms with Crippen molar-refractivity contribution in [1.29, 1.82) is 0 Å². The minimum absolute atomic E-state index is 0.437. The first kappa shape index (κ1) is 19.0. The van der Waals surface area contributed by atoms with E-state index in [-0.39, 0.29) is 0 Å². The van der Waals surface area contributed by atoms with Crippen LogP contribution in [0.1, 0.15) is 99.3 Å². The van der Waals surface area contributed by atoms with Gasteiger partial charge in [0.2, 0.25) is 0 Å². The average Bonchev–Trinajstić information content (AvgIpc) is 2.23. The zero-order valence-corrected chi connectivity index (χ0v) is 14.6. The van der Waals surface area contributed by atoms with Crippen molar-refractivity contribution in [3.05, 3.63) is 6.92 Å². The molecule has 0 aliphatic rings. The maximum absolute atomic E-state index is 3.90. The lowest BCUT2D eigenvalue weighted by molar-refractivity contribution is 0.0898. The van der Waals surface area contributed by atoms with Crippen LogP contribution in [0.2, 0.25) is 0 Å². The Kier molecular flexibility index (Phi) is 9.03. The molecule has 0 aromatic carbocycles. The third-order valence-corrected chi connectivity index (χ3v) is 4.33. The summed E-state index contributed by atoms with van der Waals surface area (Å²) in [4.78, 5) is 0. The minimum atomic E-state index is 0.437. The quantitative estimate of drug-likeness (QED) is 0.393. The van der Waals surface area contributed by atoms with Crippen LogP contribution in [0.15, 0.2) is 0 Å². The highest BCUT2D eigenvalue weighted by Gasteiger charge is 2.33. The molecule has 115 valence electrons. The lowest BCUT2D eigenvalue weighted by atomic mass is 9.65. The van der Waals surface area contributed by atoms with Crippen molar-refractivity contribution in [2.24, 2.45) is 16.7 Å². The molecule has 0 bridgehead atoms. The van der Waals surface area contributed by atoms with Crippen molar-refractivity contribution < 1.29 is 0 Å². The highest BCUT2D eigenvalue weighted by atomic mass is 14.4. The van der Waals surface area contributed by atoms with E-state index in [1.54, 1.807) is 0 Å². The van der Waals surface area contributed by atoms with Crippen LogP contribution in [0, 0.1) is 23.7 Å². The first-order valence-electron chi connectivity index (χ1n) is 8.49. The van der Waals surface area contributed by atoms with Gasteiger partial charge in [0.1, 0.15) is 0 Å². The molecule has 0 aliphatic carbocycles. The molecule has 0 amide bonds. The molecule has 0 saturated carbocycles. The Bertz CT molecular complexity index is 187. The van der Waals surface area contributed by atoms with Crippen molar-refractivity contribution in [3.8, 4) is 0 Å². The normalized spacial score (nSPS) is 13.3. The highest BCUT2D eigenvalue weighted by molar-refractivity contribution is 4.83. The SMILES string of the molecule is [CH2]CCCCCCCCCC(C(C)(C)C)C(C)(C)C. The van der Waals surface area contributed by atoms with Crippen molar-refractivity contribution in [2.75, 3.05) is 0 Å². The molecule has 0 heterocycles. The van der Waals surface area contributed by atoms with E-state index in [4.69, 9.17) is 0 Å². The summed E-state index contributed by atoms with van der Waals surface area (Å²) in [6.45, 7) is 18.3. The Morgan fingerprint density at radius 2 is 1.00 bits per heavy atom. The third-order valence-electron chi connectivity index (χ3n) is 4.33.